The molecule has 1 amide bonds. The van der Waals surface area contributed by atoms with Crippen LogP contribution in [0, 0.1) is 0 Å². The summed E-state index contributed by atoms with van der Waals surface area (Å²) in [7, 11) is 0. The molecule has 2 rings (SSSR count). The Labute approximate surface area is 117 Å². The molecule has 0 aromatic heterocycles. The van der Waals surface area contributed by atoms with Crippen LogP contribution in [0.5, 0.6) is 5.75 Å². The topological polar surface area (TPSA) is 38.3 Å². The highest BCUT2D eigenvalue weighted by Crippen LogP contribution is 2.21. The number of amides is 1. The minimum Gasteiger partial charge on any atom is -0.489 e. The Balaban J connectivity index is 1.98. The number of halogens is 1. The maximum absolute atomic E-state index is 11.0. The van der Waals surface area contributed by atoms with E-state index in [4.69, 9.17) is 16.3 Å². The van der Waals surface area contributed by atoms with Gasteiger partial charge in [0.2, 0.25) is 5.91 Å². The first-order chi connectivity index (χ1) is 9.19. The lowest BCUT2D eigenvalue weighted by atomic mass is 10.1. The summed E-state index contributed by atoms with van der Waals surface area (Å²) in [6.07, 6.45) is -0.103. The predicted octanol–water partition coefficient (Wildman–Crippen LogP) is 2.96. The Morgan fingerprint density at radius 2 is 2.00 bits per heavy atom. The first-order valence-corrected chi connectivity index (χ1v) is 6.70. The Hall–Kier alpha value is -1.74. The molecule has 0 saturated heterocycles. The van der Waals surface area contributed by atoms with Gasteiger partial charge in [0.15, 0.2) is 0 Å². The van der Waals surface area contributed by atoms with Gasteiger partial charge in [-0.3, -0.25) is 4.79 Å². The predicted molar refractivity (Wildman–Crippen MR) is 77.8 cm³/mol. The molecule has 0 heterocycles. The van der Waals surface area contributed by atoms with Crippen molar-refractivity contribution in [2.75, 3.05) is 12.4 Å². The van der Waals surface area contributed by atoms with E-state index in [1.807, 2.05) is 43.3 Å². The molecule has 100 valence electrons. The van der Waals surface area contributed by atoms with Crippen LogP contribution in [0.25, 0.3) is 10.8 Å². The van der Waals surface area contributed by atoms with E-state index >= 15 is 0 Å². The zero-order valence-electron chi connectivity index (χ0n) is 10.7. The van der Waals surface area contributed by atoms with Crippen LogP contribution in [0.4, 0.5) is 0 Å². The van der Waals surface area contributed by atoms with Crippen LogP contribution in [0.15, 0.2) is 42.5 Å². The lowest BCUT2D eigenvalue weighted by Gasteiger charge is -2.15. The number of alkyl halides is 1. The van der Waals surface area contributed by atoms with Gasteiger partial charge in [0.05, 0.1) is 6.54 Å². The number of rotatable bonds is 5. The van der Waals surface area contributed by atoms with Gasteiger partial charge in [0, 0.05) is 0 Å². The summed E-state index contributed by atoms with van der Waals surface area (Å²) >= 11 is 5.41. The lowest BCUT2D eigenvalue weighted by molar-refractivity contribution is -0.119. The second kappa shape index (κ2) is 6.43. The van der Waals surface area contributed by atoms with Crippen molar-refractivity contribution in [3.05, 3.63) is 42.5 Å². The molecule has 0 bridgehead atoms. The van der Waals surface area contributed by atoms with Crippen molar-refractivity contribution in [2.24, 2.45) is 0 Å². The zero-order valence-corrected chi connectivity index (χ0v) is 11.5. The number of hydrogen-bond acceptors (Lipinski definition) is 2. The van der Waals surface area contributed by atoms with Gasteiger partial charge in [0.25, 0.3) is 0 Å². The van der Waals surface area contributed by atoms with Gasteiger partial charge in [0.1, 0.15) is 17.7 Å². The monoisotopic (exact) mass is 277 g/mol. The molecule has 0 aliphatic carbocycles. The second-order valence-corrected chi connectivity index (χ2v) is 4.64. The SMILES string of the molecule is CC(CNC(=O)CCl)Oc1ccc2ccccc2c1. The fraction of sp³-hybridized carbons (Fsp3) is 0.267. The molecule has 0 fully saturated rings. The molecule has 1 N–H and O–H groups in total. The first kappa shape index (κ1) is 13.7. The van der Waals surface area contributed by atoms with E-state index in [-0.39, 0.29) is 17.9 Å². The average Bonchev–Trinajstić information content (AvgIpc) is 2.44. The number of hydrogen-bond donors (Lipinski definition) is 1. The summed E-state index contributed by atoms with van der Waals surface area (Å²) in [5, 5.41) is 5.01. The fourth-order valence-electron chi connectivity index (χ4n) is 1.82. The number of carbonyl (C=O) groups excluding carboxylic acids is 1. The van der Waals surface area contributed by atoms with Crippen molar-refractivity contribution in [3.8, 4) is 5.75 Å². The zero-order chi connectivity index (χ0) is 13.7. The van der Waals surface area contributed by atoms with Crippen LogP contribution in [0.2, 0.25) is 0 Å². The van der Waals surface area contributed by atoms with Crippen LogP contribution in [-0.2, 0) is 4.79 Å². The summed E-state index contributed by atoms with van der Waals surface area (Å²) < 4.78 is 5.76. The molecule has 1 atom stereocenters. The number of ether oxygens (including phenoxy) is 1. The molecule has 0 aliphatic heterocycles. The summed E-state index contributed by atoms with van der Waals surface area (Å²) in [5.74, 6) is 0.588. The third-order valence-electron chi connectivity index (χ3n) is 2.77. The van der Waals surface area contributed by atoms with Crippen molar-refractivity contribution in [3.63, 3.8) is 0 Å². The van der Waals surface area contributed by atoms with Gasteiger partial charge < -0.3 is 10.1 Å². The minimum atomic E-state index is -0.185. The van der Waals surface area contributed by atoms with E-state index in [1.54, 1.807) is 0 Å². The number of benzene rings is 2. The number of nitrogens with one attached hydrogen (secondary N) is 1. The van der Waals surface area contributed by atoms with Crippen molar-refractivity contribution in [2.45, 2.75) is 13.0 Å². The molecule has 3 nitrogen and oxygen atoms in total. The van der Waals surface area contributed by atoms with Crippen LogP contribution in [0.1, 0.15) is 6.92 Å². The van der Waals surface area contributed by atoms with Crippen LogP contribution in [0.3, 0.4) is 0 Å². The van der Waals surface area contributed by atoms with Crippen molar-refractivity contribution < 1.29 is 9.53 Å². The Morgan fingerprint density at radius 3 is 2.74 bits per heavy atom. The summed E-state index contributed by atoms with van der Waals surface area (Å²) in [5.41, 5.74) is 0. The van der Waals surface area contributed by atoms with Crippen LogP contribution >= 0.6 is 11.6 Å². The number of fused-ring (bicyclic) bond motifs is 1. The third kappa shape index (κ3) is 3.86. The lowest BCUT2D eigenvalue weighted by Crippen LogP contribution is -2.34. The Kier molecular flexibility index (Phi) is 4.63. The average molecular weight is 278 g/mol. The van der Waals surface area contributed by atoms with E-state index < -0.39 is 0 Å². The fourth-order valence-corrected chi connectivity index (χ4v) is 1.91. The number of carbonyl (C=O) groups is 1. The van der Waals surface area contributed by atoms with E-state index in [0.29, 0.717) is 6.54 Å². The van der Waals surface area contributed by atoms with Gasteiger partial charge in [-0.25, -0.2) is 0 Å². The standard InChI is InChI=1S/C15H16ClNO2/c1-11(10-17-15(18)9-16)19-14-7-6-12-4-2-3-5-13(12)8-14/h2-8,11H,9-10H2,1H3,(H,17,18). The van der Waals surface area contributed by atoms with Gasteiger partial charge in [-0.2, -0.15) is 0 Å². The molecule has 0 saturated carbocycles. The van der Waals surface area contributed by atoms with Gasteiger partial charge >= 0.3 is 0 Å². The summed E-state index contributed by atoms with van der Waals surface area (Å²) in [6, 6.07) is 14.1. The molecule has 2 aromatic carbocycles. The maximum Gasteiger partial charge on any atom is 0.235 e. The second-order valence-electron chi connectivity index (χ2n) is 4.38. The molecular formula is C15H16ClNO2. The molecule has 0 radical (unpaired) electrons. The normalized spacial score (nSPS) is 12.1. The minimum absolute atomic E-state index is 0.0251. The van der Waals surface area contributed by atoms with Gasteiger partial charge in [-0.05, 0) is 29.8 Å². The van der Waals surface area contributed by atoms with E-state index in [9.17, 15) is 4.79 Å². The van der Waals surface area contributed by atoms with Gasteiger partial charge in [-0.1, -0.05) is 30.3 Å². The highest BCUT2D eigenvalue weighted by atomic mass is 35.5. The third-order valence-corrected chi connectivity index (χ3v) is 3.01. The molecule has 19 heavy (non-hydrogen) atoms. The largest absolute Gasteiger partial charge is 0.489 e. The quantitative estimate of drug-likeness (QED) is 0.854. The molecule has 4 heteroatoms. The van der Waals surface area contributed by atoms with E-state index in [2.05, 4.69) is 11.4 Å². The smallest absolute Gasteiger partial charge is 0.235 e. The molecular weight excluding hydrogens is 262 g/mol. The van der Waals surface area contributed by atoms with Gasteiger partial charge in [-0.15, -0.1) is 11.6 Å². The van der Waals surface area contributed by atoms with Crippen molar-refractivity contribution in [1.29, 1.82) is 0 Å². The maximum atomic E-state index is 11.0. The molecule has 1 unspecified atom stereocenters. The molecule has 0 aliphatic rings. The van der Waals surface area contributed by atoms with Crippen LogP contribution in [-0.4, -0.2) is 24.4 Å². The van der Waals surface area contributed by atoms with Crippen molar-refractivity contribution >= 4 is 28.3 Å². The van der Waals surface area contributed by atoms with Crippen LogP contribution < -0.4 is 10.1 Å². The van der Waals surface area contributed by atoms with Crippen molar-refractivity contribution in [1.82, 2.24) is 5.32 Å². The highest BCUT2D eigenvalue weighted by Gasteiger charge is 2.06. The molecule has 2 aromatic rings. The first-order valence-electron chi connectivity index (χ1n) is 6.17. The summed E-state index contributed by atoms with van der Waals surface area (Å²) in [6.45, 7) is 2.35. The van der Waals surface area contributed by atoms with E-state index in [1.165, 1.54) is 5.39 Å². The Morgan fingerprint density at radius 1 is 1.26 bits per heavy atom. The van der Waals surface area contributed by atoms with E-state index in [0.717, 1.165) is 11.1 Å². The summed E-state index contributed by atoms with van der Waals surface area (Å²) in [4.78, 5) is 11.0. The Bertz CT molecular complexity index is 571. The highest BCUT2D eigenvalue weighted by molar-refractivity contribution is 6.27. The molecule has 0 spiro atoms.